The highest BCUT2D eigenvalue weighted by Crippen LogP contribution is 2.29. The first-order valence-electron chi connectivity index (χ1n) is 10.9. The summed E-state index contributed by atoms with van der Waals surface area (Å²) < 4.78 is 13.2. The van der Waals surface area contributed by atoms with Crippen LogP contribution in [0.4, 0.5) is 0 Å². The van der Waals surface area contributed by atoms with Gasteiger partial charge in [0.05, 0.1) is 25.9 Å². The molecule has 31 heavy (non-hydrogen) atoms. The third-order valence-electron chi connectivity index (χ3n) is 6.25. The van der Waals surface area contributed by atoms with E-state index in [0.717, 1.165) is 41.5 Å². The third kappa shape index (κ3) is 4.00. The third-order valence-corrected chi connectivity index (χ3v) is 6.25. The zero-order chi connectivity index (χ0) is 21.4. The highest BCUT2D eigenvalue weighted by molar-refractivity contribution is 5.83. The first-order valence-corrected chi connectivity index (χ1v) is 10.9. The zero-order valence-corrected chi connectivity index (χ0v) is 18.0. The molecule has 4 heterocycles. The van der Waals surface area contributed by atoms with Crippen LogP contribution >= 0.6 is 0 Å². The van der Waals surface area contributed by atoms with E-state index in [2.05, 4.69) is 38.4 Å². The molecule has 0 aliphatic carbocycles. The van der Waals surface area contributed by atoms with Gasteiger partial charge in [0, 0.05) is 36.2 Å². The number of pyridine rings is 1. The quantitative estimate of drug-likeness (QED) is 0.666. The maximum absolute atomic E-state index is 13.3. The molecule has 2 aromatic heterocycles. The molecule has 1 aromatic carbocycles. The molecule has 5 rings (SSSR count). The molecule has 164 valence electrons. The molecule has 2 saturated heterocycles. The van der Waals surface area contributed by atoms with E-state index >= 15 is 0 Å². The Morgan fingerprint density at radius 1 is 1.19 bits per heavy atom. The molecule has 0 radical (unpaired) electrons. The summed E-state index contributed by atoms with van der Waals surface area (Å²) in [6.45, 7) is 8.13. The van der Waals surface area contributed by atoms with Gasteiger partial charge in [0.25, 0.3) is 5.56 Å². The second-order valence-corrected chi connectivity index (χ2v) is 8.50. The number of H-pyrrole nitrogens is 1. The molecule has 9 heteroatoms. The van der Waals surface area contributed by atoms with Gasteiger partial charge in [0.1, 0.15) is 6.04 Å². The average molecular weight is 425 g/mol. The van der Waals surface area contributed by atoms with Crippen LogP contribution in [-0.2, 0) is 16.0 Å². The number of tetrazole rings is 1. The number of aromatic nitrogens is 5. The number of fused-ring (bicyclic) bond motifs is 1. The molecule has 3 aromatic rings. The lowest BCUT2D eigenvalue weighted by atomic mass is 9.99. The van der Waals surface area contributed by atoms with Crippen molar-refractivity contribution in [1.82, 2.24) is 30.1 Å². The maximum Gasteiger partial charge on any atom is 0.253 e. The van der Waals surface area contributed by atoms with Crippen molar-refractivity contribution >= 4 is 10.9 Å². The lowest BCUT2D eigenvalue weighted by Gasteiger charge is -2.33. The predicted octanol–water partition coefficient (Wildman–Crippen LogP) is 1.73. The molecule has 0 saturated carbocycles. The Morgan fingerprint density at radius 3 is 2.81 bits per heavy atom. The summed E-state index contributed by atoms with van der Waals surface area (Å²) in [7, 11) is 0. The standard InChI is InChI=1S/C22H28N6O3/c1-14-10-15(2)17-12-18(22(29)23-19(17)11-14)20(27-5-8-30-9-6-27)21-24-25-26-28(21)13-16-4-3-7-31-16/h10-12,16,20H,3-9,13H2,1-2H3,(H,23,29). The number of aromatic amines is 1. The van der Waals surface area contributed by atoms with E-state index in [1.807, 2.05) is 23.7 Å². The number of rotatable bonds is 5. The summed E-state index contributed by atoms with van der Waals surface area (Å²) in [5, 5.41) is 13.6. The Labute approximate surface area is 180 Å². The van der Waals surface area contributed by atoms with E-state index in [-0.39, 0.29) is 17.7 Å². The van der Waals surface area contributed by atoms with Crippen LogP contribution in [0, 0.1) is 13.8 Å². The van der Waals surface area contributed by atoms with Gasteiger partial charge < -0.3 is 14.5 Å². The van der Waals surface area contributed by atoms with Crippen LogP contribution in [0.5, 0.6) is 0 Å². The van der Waals surface area contributed by atoms with Gasteiger partial charge in [-0.1, -0.05) is 6.07 Å². The van der Waals surface area contributed by atoms with E-state index in [1.165, 1.54) is 0 Å². The van der Waals surface area contributed by atoms with Crippen molar-refractivity contribution in [2.45, 2.75) is 45.4 Å². The zero-order valence-electron chi connectivity index (χ0n) is 18.0. The number of nitrogens with one attached hydrogen (secondary N) is 1. The SMILES string of the molecule is Cc1cc(C)c2cc(C(c3nnnn3CC3CCCO3)N3CCOCC3)c(=O)[nH]c2c1. The van der Waals surface area contributed by atoms with E-state index in [9.17, 15) is 4.79 Å². The first kappa shape index (κ1) is 20.3. The summed E-state index contributed by atoms with van der Waals surface area (Å²) in [6.07, 6.45) is 2.15. The van der Waals surface area contributed by atoms with Crippen molar-refractivity contribution in [2.75, 3.05) is 32.9 Å². The number of ether oxygens (including phenoxy) is 2. The largest absolute Gasteiger partial charge is 0.379 e. The Kier molecular flexibility index (Phi) is 5.56. The van der Waals surface area contributed by atoms with Gasteiger partial charge in [0.2, 0.25) is 0 Å². The Morgan fingerprint density at radius 2 is 2.03 bits per heavy atom. The molecular weight excluding hydrogens is 396 g/mol. The number of hydrogen-bond donors (Lipinski definition) is 1. The smallest absolute Gasteiger partial charge is 0.253 e. The number of hydrogen-bond acceptors (Lipinski definition) is 7. The van der Waals surface area contributed by atoms with Crippen molar-refractivity contribution in [3.8, 4) is 0 Å². The van der Waals surface area contributed by atoms with Crippen LogP contribution < -0.4 is 5.56 Å². The van der Waals surface area contributed by atoms with Gasteiger partial charge in [0.15, 0.2) is 5.82 Å². The lowest BCUT2D eigenvalue weighted by Crippen LogP contribution is -2.42. The Bertz CT molecular complexity index is 1130. The molecule has 2 fully saturated rings. The molecule has 1 N–H and O–H groups in total. The fraction of sp³-hybridized carbons (Fsp3) is 0.545. The van der Waals surface area contributed by atoms with Crippen LogP contribution in [0.1, 0.15) is 41.4 Å². The number of aryl methyl sites for hydroxylation is 2. The van der Waals surface area contributed by atoms with Crippen LogP contribution in [-0.4, -0.2) is 69.1 Å². The Balaban J connectivity index is 1.62. The van der Waals surface area contributed by atoms with Gasteiger partial charge in [-0.15, -0.1) is 5.10 Å². The fourth-order valence-electron chi connectivity index (χ4n) is 4.75. The summed E-state index contributed by atoms with van der Waals surface area (Å²) in [5.74, 6) is 0.673. The minimum absolute atomic E-state index is 0.104. The summed E-state index contributed by atoms with van der Waals surface area (Å²) in [6, 6.07) is 5.80. The van der Waals surface area contributed by atoms with Crippen molar-refractivity contribution in [3.63, 3.8) is 0 Å². The maximum atomic E-state index is 13.3. The first-order chi connectivity index (χ1) is 15.1. The predicted molar refractivity (Wildman–Crippen MR) is 115 cm³/mol. The topological polar surface area (TPSA) is 98.2 Å². The van der Waals surface area contributed by atoms with E-state index in [1.54, 1.807) is 0 Å². The number of benzene rings is 1. The summed E-state index contributed by atoms with van der Waals surface area (Å²) >= 11 is 0. The van der Waals surface area contributed by atoms with Crippen LogP contribution in [0.3, 0.4) is 0 Å². The highest BCUT2D eigenvalue weighted by Gasteiger charge is 2.32. The van der Waals surface area contributed by atoms with Crippen molar-refractivity contribution in [1.29, 1.82) is 0 Å². The highest BCUT2D eigenvalue weighted by atomic mass is 16.5. The lowest BCUT2D eigenvalue weighted by molar-refractivity contribution is 0.0205. The summed E-state index contributed by atoms with van der Waals surface area (Å²) in [5.41, 5.74) is 3.65. The van der Waals surface area contributed by atoms with E-state index < -0.39 is 0 Å². The average Bonchev–Trinajstić information content (AvgIpc) is 3.43. The molecule has 2 aliphatic rings. The second-order valence-electron chi connectivity index (χ2n) is 8.50. The van der Waals surface area contributed by atoms with Crippen molar-refractivity contribution in [3.05, 3.63) is 51.1 Å². The van der Waals surface area contributed by atoms with Crippen molar-refractivity contribution in [2.24, 2.45) is 0 Å². The Hall–Kier alpha value is -2.62. The van der Waals surface area contributed by atoms with Gasteiger partial charge >= 0.3 is 0 Å². The summed E-state index contributed by atoms with van der Waals surface area (Å²) in [4.78, 5) is 18.6. The molecule has 0 bridgehead atoms. The molecule has 2 unspecified atom stereocenters. The molecular formula is C22H28N6O3. The molecule has 9 nitrogen and oxygen atoms in total. The van der Waals surface area contributed by atoms with Crippen LogP contribution in [0.15, 0.2) is 23.0 Å². The second kappa shape index (κ2) is 8.49. The monoisotopic (exact) mass is 424 g/mol. The van der Waals surface area contributed by atoms with Gasteiger partial charge in [-0.05, 0) is 60.4 Å². The van der Waals surface area contributed by atoms with Crippen molar-refractivity contribution < 1.29 is 9.47 Å². The molecule has 2 aliphatic heterocycles. The molecule has 0 spiro atoms. The minimum Gasteiger partial charge on any atom is -0.379 e. The van der Waals surface area contributed by atoms with Crippen LogP contribution in [0.25, 0.3) is 10.9 Å². The molecule has 2 atom stereocenters. The fourth-order valence-corrected chi connectivity index (χ4v) is 4.75. The van der Waals surface area contributed by atoms with Crippen LogP contribution in [0.2, 0.25) is 0 Å². The van der Waals surface area contributed by atoms with Gasteiger partial charge in [-0.3, -0.25) is 9.69 Å². The van der Waals surface area contributed by atoms with Gasteiger partial charge in [-0.25, -0.2) is 4.68 Å². The van der Waals surface area contributed by atoms with E-state index in [4.69, 9.17) is 9.47 Å². The van der Waals surface area contributed by atoms with Gasteiger partial charge in [-0.2, -0.15) is 0 Å². The van der Waals surface area contributed by atoms with E-state index in [0.29, 0.717) is 44.2 Å². The number of nitrogens with zero attached hydrogens (tertiary/aromatic N) is 5. The molecule has 0 amide bonds. The minimum atomic E-state index is -0.353. The normalized spacial score (nSPS) is 21.0. The number of morpholine rings is 1.